The van der Waals surface area contributed by atoms with Crippen LogP contribution in [0.25, 0.3) is 0 Å². The Bertz CT molecular complexity index is 1420. The number of ether oxygens (including phenoxy) is 2. The smallest absolute Gasteiger partial charge is 0.408 e. The van der Waals surface area contributed by atoms with Gasteiger partial charge in [0, 0.05) is 34.9 Å². The number of alkyl carbamates (subject to hydrolysis) is 1. The van der Waals surface area contributed by atoms with E-state index in [0.29, 0.717) is 30.9 Å². The molecule has 10 heteroatoms. The molecule has 7 nitrogen and oxygen atoms in total. The molecule has 43 heavy (non-hydrogen) atoms. The van der Waals surface area contributed by atoms with Gasteiger partial charge in [-0.25, -0.2) is 4.79 Å². The predicted molar refractivity (Wildman–Crippen MR) is 174 cm³/mol. The second kappa shape index (κ2) is 15.8. The van der Waals surface area contributed by atoms with Crippen molar-refractivity contribution in [2.45, 2.75) is 74.5 Å². The summed E-state index contributed by atoms with van der Waals surface area (Å²) in [5.74, 6) is 2.17. The standard InChI is InChI=1S/C33H41ClNO6PS/c1-32(2,3)41-31(36)35-33(4,20-21-42(37,38-5)39-6)19-11-14-26-17-18-29(23-30(26)34)43-28-16-10-15-27(22-28)40-24-25-12-8-7-9-13-25/h7-10,12-13,15-18,20-23H,11,14,19,24H2,1-6H3,(H,35,36). The van der Waals surface area contributed by atoms with Gasteiger partial charge in [-0.3, -0.25) is 4.57 Å². The molecular weight excluding hydrogens is 605 g/mol. The maximum atomic E-state index is 12.6. The number of carbonyl (C=O) groups is 1. The number of nitrogens with one attached hydrogen (secondary N) is 1. The Morgan fingerprint density at radius 2 is 1.65 bits per heavy atom. The molecular formula is C33H41ClNO6PS. The lowest BCUT2D eigenvalue weighted by Crippen LogP contribution is -2.46. The van der Waals surface area contributed by atoms with Crippen LogP contribution in [-0.2, 0) is 31.4 Å². The van der Waals surface area contributed by atoms with Gasteiger partial charge in [0.1, 0.15) is 18.0 Å². The van der Waals surface area contributed by atoms with Gasteiger partial charge in [-0.05, 0) is 88.4 Å². The summed E-state index contributed by atoms with van der Waals surface area (Å²) in [5, 5.41) is 3.57. The van der Waals surface area contributed by atoms with Crippen LogP contribution in [0.15, 0.2) is 94.5 Å². The highest BCUT2D eigenvalue weighted by molar-refractivity contribution is 7.99. The van der Waals surface area contributed by atoms with Crippen LogP contribution < -0.4 is 10.1 Å². The summed E-state index contributed by atoms with van der Waals surface area (Å²) < 4.78 is 34.1. The third-order valence-electron chi connectivity index (χ3n) is 6.38. The Balaban J connectivity index is 1.63. The van der Waals surface area contributed by atoms with Crippen molar-refractivity contribution in [2.75, 3.05) is 14.2 Å². The molecule has 3 aromatic carbocycles. The second-order valence-electron chi connectivity index (χ2n) is 11.2. The van der Waals surface area contributed by atoms with Crippen LogP contribution in [0.1, 0.15) is 51.7 Å². The Labute approximate surface area is 264 Å². The Morgan fingerprint density at radius 1 is 0.953 bits per heavy atom. The van der Waals surface area contributed by atoms with Crippen molar-refractivity contribution in [3.05, 3.63) is 101 Å². The number of amides is 1. The molecule has 232 valence electrons. The summed E-state index contributed by atoms with van der Waals surface area (Å²) >= 11 is 8.31. The minimum Gasteiger partial charge on any atom is -0.489 e. The lowest BCUT2D eigenvalue weighted by molar-refractivity contribution is 0.0480. The quantitative estimate of drug-likeness (QED) is 0.175. The first-order chi connectivity index (χ1) is 20.3. The maximum absolute atomic E-state index is 12.6. The van der Waals surface area contributed by atoms with Gasteiger partial charge in [-0.2, -0.15) is 0 Å². The highest BCUT2D eigenvalue weighted by atomic mass is 35.5. The molecule has 0 fully saturated rings. The highest BCUT2D eigenvalue weighted by Crippen LogP contribution is 2.48. The molecule has 3 aromatic rings. The van der Waals surface area contributed by atoms with E-state index in [2.05, 4.69) is 11.4 Å². The summed E-state index contributed by atoms with van der Waals surface area (Å²) in [6.45, 7) is 7.73. The summed E-state index contributed by atoms with van der Waals surface area (Å²) in [6.07, 6.45) is 2.97. The van der Waals surface area contributed by atoms with Gasteiger partial charge < -0.3 is 23.8 Å². The number of hydrogen-bond donors (Lipinski definition) is 1. The van der Waals surface area contributed by atoms with Crippen molar-refractivity contribution in [2.24, 2.45) is 0 Å². The first kappa shape index (κ1) is 34.7. The van der Waals surface area contributed by atoms with Crippen LogP contribution in [0.3, 0.4) is 0 Å². The van der Waals surface area contributed by atoms with Gasteiger partial charge in [0.2, 0.25) is 0 Å². The molecule has 0 saturated carbocycles. The van der Waals surface area contributed by atoms with Crippen molar-refractivity contribution in [1.29, 1.82) is 0 Å². The van der Waals surface area contributed by atoms with Crippen LogP contribution in [0.2, 0.25) is 5.02 Å². The van der Waals surface area contributed by atoms with Crippen LogP contribution in [0.4, 0.5) is 4.79 Å². The summed E-state index contributed by atoms with van der Waals surface area (Å²) in [7, 11) is -0.794. The average molecular weight is 646 g/mol. The molecule has 1 N–H and O–H groups in total. The van der Waals surface area contributed by atoms with E-state index in [0.717, 1.165) is 26.7 Å². The molecule has 3 rings (SSSR count). The molecule has 0 aromatic heterocycles. The zero-order valence-corrected chi connectivity index (χ0v) is 28.1. The number of carbonyl (C=O) groups excluding carboxylic acids is 1. The van der Waals surface area contributed by atoms with Crippen LogP contribution in [0.5, 0.6) is 5.75 Å². The van der Waals surface area contributed by atoms with Crippen molar-refractivity contribution < 1.29 is 27.9 Å². The predicted octanol–water partition coefficient (Wildman–Crippen LogP) is 9.68. The van der Waals surface area contributed by atoms with Crippen molar-refractivity contribution >= 4 is 37.1 Å². The van der Waals surface area contributed by atoms with Gasteiger partial charge >= 0.3 is 13.7 Å². The zero-order valence-electron chi connectivity index (χ0n) is 25.6. The second-order valence-corrected chi connectivity index (χ2v) is 14.9. The van der Waals surface area contributed by atoms with Gasteiger partial charge in [-0.1, -0.05) is 71.9 Å². The highest BCUT2D eigenvalue weighted by Gasteiger charge is 2.28. The molecule has 1 atom stereocenters. The van der Waals surface area contributed by atoms with E-state index in [9.17, 15) is 9.36 Å². The van der Waals surface area contributed by atoms with Crippen LogP contribution in [0, 0.1) is 0 Å². The Kier molecular flexibility index (Phi) is 12.8. The number of hydrogen-bond acceptors (Lipinski definition) is 7. The van der Waals surface area contributed by atoms with Gasteiger partial charge in [0.15, 0.2) is 0 Å². The third-order valence-corrected chi connectivity index (χ3v) is 9.24. The van der Waals surface area contributed by atoms with E-state index < -0.39 is 24.8 Å². The summed E-state index contributed by atoms with van der Waals surface area (Å²) in [5.41, 5.74) is 0.580. The number of rotatable bonds is 14. The third kappa shape index (κ3) is 12.0. The molecule has 0 radical (unpaired) electrons. The molecule has 1 unspecified atom stereocenters. The lowest BCUT2D eigenvalue weighted by Gasteiger charge is -2.30. The van der Waals surface area contributed by atoms with E-state index >= 15 is 0 Å². The van der Waals surface area contributed by atoms with E-state index in [1.165, 1.54) is 20.0 Å². The lowest BCUT2D eigenvalue weighted by atomic mass is 9.93. The van der Waals surface area contributed by atoms with Gasteiger partial charge in [-0.15, -0.1) is 0 Å². The van der Waals surface area contributed by atoms with Crippen LogP contribution in [-0.4, -0.2) is 31.5 Å². The Hall–Kier alpha value is -2.74. The normalized spacial score (nSPS) is 13.5. The first-order valence-electron chi connectivity index (χ1n) is 14.0. The first-order valence-corrected chi connectivity index (χ1v) is 16.8. The topological polar surface area (TPSA) is 83.1 Å². The monoisotopic (exact) mass is 645 g/mol. The molecule has 0 aliphatic rings. The Morgan fingerprint density at radius 3 is 2.30 bits per heavy atom. The van der Waals surface area contributed by atoms with Crippen molar-refractivity contribution in [3.8, 4) is 5.75 Å². The van der Waals surface area contributed by atoms with E-state index in [4.69, 9.17) is 30.1 Å². The van der Waals surface area contributed by atoms with Crippen molar-refractivity contribution in [3.63, 3.8) is 0 Å². The van der Waals surface area contributed by atoms with Gasteiger partial charge in [0.25, 0.3) is 0 Å². The molecule has 0 heterocycles. The summed E-state index contributed by atoms with van der Waals surface area (Å²) in [6, 6.07) is 24.1. The fourth-order valence-corrected chi connectivity index (χ4v) is 6.27. The fourth-order valence-electron chi connectivity index (χ4n) is 4.12. The zero-order chi connectivity index (χ0) is 31.5. The molecule has 0 aliphatic heterocycles. The molecule has 0 spiro atoms. The molecule has 0 aliphatic carbocycles. The SMILES string of the molecule is COP(=O)(C=CC(C)(CCCc1ccc(Sc2cccc(OCc3ccccc3)c2)cc1Cl)NC(=O)OC(C)(C)C)OC. The molecule has 0 bridgehead atoms. The number of aryl methyl sites for hydroxylation is 1. The minimum absolute atomic E-state index is 0.510. The maximum Gasteiger partial charge on any atom is 0.408 e. The van der Waals surface area contributed by atoms with Crippen molar-refractivity contribution in [1.82, 2.24) is 5.32 Å². The van der Waals surface area contributed by atoms with Gasteiger partial charge in [0.05, 0.1) is 5.54 Å². The van der Waals surface area contributed by atoms with E-state index in [-0.39, 0.29) is 0 Å². The average Bonchev–Trinajstić information content (AvgIpc) is 2.96. The van der Waals surface area contributed by atoms with E-state index in [1.54, 1.807) is 38.6 Å². The molecule has 1 amide bonds. The fraction of sp³-hybridized carbons (Fsp3) is 0.364. The number of halogens is 1. The summed E-state index contributed by atoms with van der Waals surface area (Å²) in [4.78, 5) is 14.7. The minimum atomic E-state index is -3.42. The van der Waals surface area contributed by atoms with Crippen LogP contribution >= 0.6 is 31.0 Å². The molecule has 0 saturated heterocycles. The largest absolute Gasteiger partial charge is 0.489 e. The van der Waals surface area contributed by atoms with E-state index in [1.807, 2.05) is 73.7 Å². The number of benzene rings is 3.